The number of ketones is 1. The van der Waals surface area contributed by atoms with Crippen LogP contribution in [0.25, 0.3) is 11.1 Å². The number of hydrogen-bond acceptors (Lipinski definition) is 6. The van der Waals surface area contributed by atoms with Gasteiger partial charge in [-0.25, -0.2) is 4.98 Å². The van der Waals surface area contributed by atoms with Crippen molar-refractivity contribution in [3.8, 4) is 11.1 Å². The number of nitrogens with zero attached hydrogens (tertiary/aromatic N) is 3. The summed E-state index contributed by atoms with van der Waals surface area (Å²) in [6, 6.07) is 10.0. The minimum absolute atomic E-state index is 0.00219. The van der Waals surface area contributed by atoms with Gasteiger partial charge in [0.1, 0.15) is 5.82 Å². The van der Waals surface area contributed by atoms with Crippen LogP contribution in [-0.2, 0) is 10.2 Å². The van der Waals surface area contributed by atoms with Crippen LogP contribution in [0.15, 0.2) is 41.1 Å². The molecule has 1 fully saturated rings. The van der Waals surface area contributed by atoms with E-state index in [4.69, 9.17) is 4.52 Å². The van der Waals surface area contributed by atoms with Crippen LogP contribution >= 0.6 is 0 Å². The first-order chi connectivity index (χ1) is 15.6. The van der Waals surface area contributed by atoms with E-state index in [2.05, 4.69) is 32.6 Å². The maximum atomic E-state index is 12.7. The summed E-state index contributed by atoms with van der Waals surface area (Å²) in [5.74, 6) is 1.19. The molecule has 1 amide bonds. The molecule has 0 radical (unpaired) electrons. The van der Waals surface area contributed by atoms with E-state index in [9.17, 15) is 9.59 Å². The molecule has 1 N–H and O–H groups in total. The molecule has 2 aromatic heterocycles. The first kappa shape index (κ1) is 22.8. The molecule has 33 heavy (non-hydrogen) atoms. The molecular weight excluding hydrogens is 416 g/mol. The lowest BCUT2D eigenvalue weighted by Gasteiger charge is -2.15. The number of Topliss-reactive ketones (excluding diaryl/α,β-unsaturated/α-hetero) is 1. The minimum atomic E-state index is -0.270. The van der Waals surface area contributed by atoms with Crippen molar-refractivity contribution in [2.24, 2.45) is 5.92 Å². The fourth-order valence-corrected chi connectivity index (χ4v) is 3.78. The van der Waals surface area contributed by atoms with Gasteiger partial charge < -0.3 is 9.84 Å². The van der Waals surface area contributed by atoms with Crippen LogP contribution in [0.2, 0.25) is 0 Å². The lowest BCUT2D eigenvalue weighted by Crippen LogP contribution is -2.14. The predicted octanol–water partition coefficient (Wildman–Crippen LogP) is 5.46. The van der Waals surface area contributed by atoms with Gasteiger partial charge in [-0.3, -0.25) is 9.59 Å². The molecule has 1 aromatic carbocycles. The third-order valence-corrected chi connectivity index (χ3v) is 5.92. The summed E-state index contributed by atoms with van der Waals surface area (Å²) >= 11 is 0. The molecule has 7 nitrogen and oxygen atoms in total. The first-order valence-electron chi connectivity index (χ1n) is 11.4. The quantitative estimate of drug-likeness (QED) is 0.484. The second-order valence-electron chi connectivity index (χ2n) is 9.97. The summed E-state index contributed by atoms with van der Waals surface area (Å²) in [6.45, 7) is 10.0. The average Bonchev–Trinajstić information content (AvgIpc) is 3.48. The van der Waals surface area contributed by atoms with Gasteiger partial charge in [-0.2, -0.15) is 4.98 Å². The molecule has 7 heteroatoms. The highest BCUT2D eigenvalue weighted by Gasteiger charge is 2.30. The van der Waals surface area contributed by atoms with Crippen LogP contribution in [0, 0.1) is 12.8 Å². The van der Waals surface area contributed by atoms with Crippen molar-refractivity contribution in [3.63, 3.8) is 0 Å². The summed E-state index contributed by atoms with van der Waals surface area (Å²) in [5.41, 5.74) is 3.93. The fraction of sp³-hybridized carbons (Fsp3) is 0.423. The molecule has 1 aliphatic carbocycles. The van der Waals surface area contributed by atoms with Crippen LogP contribution in [0.5, 0.6) is 0 Å². The highest BCUT2D eigenvalue weighted by atomic mass is 16.5. The van der Waals surface area contributed by atoms with Crippen LogP contribution in [-0.4, -0.2) is 26.8 Å². The molecule has 0 unspecified atom stereocenters. The van der Waals surface area contributed by atoms with Gasteiger partial charge in [0.2, 0.25) is 11.7 Å². The highest BCUT2D eigenvalue weighted by Crippen LogP contribution is 2.32. The van der Waals surface area contributed by atoms with Gasteiger partial charge in [0.05, 0.1) is 0 Å². The molecule has 1 atom stereocenters. The smallest absolute Gasteiger partial charge is 0.294 e. The maximum Gasteiger partial charge on any atom is 0.294 e. The van der Waals surface area contributed by atoms with Crippen molar-refractivity contribution < 1.29 is 14.1 Å². The molecule has 3 aromatic rings. The molecule has 172 valence electrons. The second kappa shape index (κ2) is 8.89. The Morgan fingerprint density at radius 3 is 2.52 bits per heavy atom. The molecule has 0 aliphatic heterocycles. The Balaban J connectivity index is 1.46. The van der Waals surface area contributed by atoms with Crippen molar-refractivity contribution >= 4 is 17.5 Å². The van der Waals surface area contributed by atoms with E-state index in [1.807, 2.05) is 52.8 Å². The van der Waals surface area contributed by atoms with Crippen LogP contribution in [0.1, 0.15) is 80.5 Å². The van der Waals surface area contributed by atoms with Crippen molar-refractivity contribution in [1.29, 1.82) is 0 Å². The Hall–Kier alpha value is -3.35. The third-order valence-electron chi connectivity index (χ3n) is 5.92. The number of carbonyl (C=O) groups is 2. The monoisotopic (exact) mass is 446 g/mol. The summed E-state index contributed by atoms with van der Waals surface area (Å²) in [4.78, 5) is 33.3. The van der Waals surface area contributed by atoms with E-state index in [1.165, 1.54) is 0 Å². The second-order valence-corrected chi connectivity index (χ2v) is 9.97. The topological polar surface area (TPSA) is 98.0 Å². The van der Waals surface area contributed by atoms with E-state index in [1.54, 1.807) is 6.20 Å². The highest BCUT2D eigenvalue weighted by molar-refractivity contribution is 5.94. The van der Waals surface area contributed by atoms with Gasteiger partial charge in [-0.05, 0) is 60.1 Å². The number of aryl methyl sites for hydroxylation is 1. The average molecular weight is 447 g/mol. The SMILES string of the molecule is Cc1cc(-c2ccnc(NC(=O)C3CC3)c2)ccc1[C@@H](C)CC(=O)c1nc(C(C)(C)C)no1. The van der Waals surface area contributed by atoms with Crippen molar-refractivity contribution in [2.45, 2.75) is 65.2 Å². The minimum Gasteiger partial charge on any atom is -0.331 e. The van der Waals surface area contributed by atoms with E-state index in [-0.39, 0.29) is 34.8 Å². The Morgan fingerprint density at radius 2 is 1.88 bits per heavy atom. The molecule has 4 rings (SSSR count). The Kier molecular flexibility index (Phi) is 6.15. The number of benzene rings is 1. The van der Waals surface area contributed by atoms with Crippen molar-refractivity contribution in [2.75, 3.05) is 5.32 Å². The van der Waals surface area contributed by atoms with Gasteiger partial charge in [0, 0.05) is 24.0 Å². The molecule has 2 heterocycles. The molecular formula is C26H30N4O3. The predicted molar refractivity (Wildman–Crippen MR) is 126 cm³/mol. The van der Waals surface area contributed by atoms with Crippen LogP contribution in [0.3, 0.4) is 0 Å². The molecule has 0 spiro atoms. The van der Waals surface area contributed by atoms with Gasteiger partial charge in [-0.15, -0.1) is 0 Å². The molecule has 0 bridgehead atoms. The van der Waals surface area contributed by atoms with E-state index >= 15 is 0 Å². The third kappa shape index (κ3) is 5.35. The van der Waals surface area contributed by atoms with E-state index < -0.39 is 0 Å². The van der Waals surface area contributed by atoms with Gasteiger partial charge in [-0.1, -0.05) is 51.1 Å². The number of rotatable bonds is 7. The Morgan fingerprint density at radius 1 is 1.15 bits per heavy atom. The summed E-state index contributed by atoms with van der Waals surface area (Å²) in [7, 11) is 0. The van der Waals surface area contributed by atoms with Gasteiger partial charge >= 0.3 is 0 Å². The Labute approximate surface area is 194 Å². The number of pyridine rings is 1. The molecule has 0 saturated heterocycles. The lowest BCUT2D eigenvalue weighted by molar-refractivity contribution is -0.117. The zero-order chi connectivity index (χ0) is 23.8. The number of anilines is 1. The standard InChI is InChI=1S/C26H30N4O3/c1-15-12-18(19-10-11-27-22(14-19)28-23(32)17-6-7-17)8-9-20(15)16(2)13-21(31)24-29-25(30-33-24)26(3,4)5/h8-12,14,16-17H,6-7,13H2,1-5H3,(H,27,28,32)/t16-/m0/s1. The summed E-state index contributed by atoms with van der Waals surface area (Å²) in [5, 5.41) is 6.85. The van der Waals surface area contributed by atoms with Gasteiger partial charge in [0.25, 0.3) is 5.89 Å². The van der Waals surface area contributed by atoms with Crippen LogP contribution in [0.4, 0.5) is 5.82 Å². The number of aromatic nitrogens is 3. The van der Waals surface area contributed by atoms with Crippen molar-refractivity contribution in [3.05, 3.63) is 59.4 Å². The number of hydrogen-bond donors (Lipinski definition) is 1. The number of amides is 1. The Bertz CT molecular complexity index is 1190. The fourth-order valence-electron chi connectivity index (χ4n) is 3.78. The number of carbonyl (C=O) groups excluding carboxylic acids is 2. The van der Waals surface area contributed by atoms with E-state index in [0.717, 1.165) is 35.1 Å². The lowest BCUT2D eigenvalue weighted by atomic mass is 9.90. The molecule has 1 saturated carbocycles. The van der Waals surface area contributed by atoms with Gasteiger partial charge in [0.15, 0.2) is 5.82 Å². The molecule has 1 aliphatic rings. The van der Waals surface area contributed by atoms with Crippen LogP contribution < -0.4 is 5.32 Å². The largest absolute Gasteiger partial charge is 0.331 e. The zero-order valence-corrected chi connectivity index (χ0v) is 19.8. The zero-order valence-electron chi connectivity index (χ0n) is 19.8. The number of nitrogens with one attached hydrogen (secondary N) is 1. The summed E-state index contributed by atoms with van der Waals surface area (Å²) < 4.78 is 5.21. The maximum absolute atomic E-state index is 12.7. The van der Waals surface area contributed by atoms with Crippen molar-refractivity contribution in [1.82, 2.24) is 15.1 Å². The van der Waals surface area contributed by atoms with E-state index in [0.29, 0.717) is 18.1 Å². The normalized spacial score (nSPS) is 14.7. The summed E-state index contributed by atoms with van der Waals surface area (Å²) in [6.07, 6.45) is 3.91. The first-order valence-corrected chi connectivity index (χ1v) is 11.4.